The second kappa shape index (κ2) is 9.20. The Hall–Kier alpha value is -2.37. The number of carbonyl (C=O) groups excluding carboxylic acids is 3. The third kappa shape index (κ3) is 5.31. The summed E-state index contributed by atoms with van der Waals surface area (Å²) in [6.07, 6.45) is 3.44. The van der Waals surface area contributed by atoms with E-state index in [0.29, 0.717) is 24.4 Å². The van der Waals surface area contributed by atoms with Crippen LogP contribution < -0.4 is 5.32 Å². The Kier molecular flexibility index (Phi) is 6.98. The SMILES string of the molecule is CCCCCN1CC(C(=O)Nc2ccc(C(=O)OCC)cc2)CC1=O. The van der Waals surface area contributed by atoms with Gasteiger partial charge in [0.2, 0.25) is 11.8 Å². The first-order valence-corrected chi connectivity index (χ1v) is 8.91. The van der Waals surface area contributed by atoms with Crippen LogP contribution in [0.2, 0.25) is 0 Å². The number of rotatable bonds is 8. The van der Waals surface area contributed by atoms with Gasteiger partial charge in [0.25, 0.3) is 0 Å². The minimum atomic E-state index is -0.385. The van der Waals surface area contributed by atoms with Crippen molar-refractivity contribution >= 4 is 23.5 Å². The quantitative estimate of drug-likeness (QED) is 0.580. The Morgan fingerprint density at radius 1 is 1.20 bits per heavy atom. The zero-order valence-corrected chi connectivity index (χ0v) is 14.9. The topological polar surface area (TPSA) is 75.7 Å². The van der Waals surface area contributed by atoms with Crippen molar-refractivity contribution in [1.82, 2.24) is 4.90 Å². The predicted molar refractivity (Wildman–Crippen MR) is 95.2 cm³/mol. The second-order valence-electron chi connectivity index (χ2n) is 6.23. The molecule has 1 fully saturated rings. The fraction of sp³-hybridized carbons (Fsp3) is 0.526. The first kappa shape index (κ1) is 19.0. The number of hydrogen-bond donors (Lipinski definition) is 1. The van der Waals surface area contributed by atoms with Gasteiger partial charge in [-0.3, -0.25) is 9.59 Å². The van der Waals surface area contributed by atoms with Crippen LogP contribution in [0, 0.1) is 5.92 Å². The number of unbranched alkanes of at least 4 members (excludes halogenated alkanes) is 2. The summed E-state index contributed by atoms with van der Waals surface area (Å²) in [6, 6.07) is 6.56. The highest BCUT2D eigenvalue weighted by Gasteiger charge is 2.33. The molecule has 6 nitrogen and oxygen atoms in total. The molecule has 0 spiro atoms. The molecule has 0 radical (unpaired) electrons. The van der Waals surface area contributed by atoms with Gasteiger partial charge in [0.15, 0.2) is 0 Å². The number of anilines is 1. The lowest BCUT2D eigenvalue weighted by molar-refractivity contribution is -0.128. The molecule has 1 N–H and O–H groups in total. The molecule has 0 bridgehead atoms. The molecule has 1 aliphatic rings. The molecule has 1 aromatic carbocycles. The van der Waals surface area contributed by atoms with Gasteiger partial charge in [0.05, 0.1) is 18.1 Å². The number of esters is 1. The van der Waals surface area contributed by atoms with Gasteiger partial charge >= 0.3 is 5.97 Å². The molecule has 2 amide bonds. The van der Waals surface area contributed by atoms with Crippen molar-refractivity contribution in [2.75, 3.05) is 25.0 Å². The number of nitrogens with zero attached hydrogens (tertiary/aromatic N) is 1. The fourth-order valence-electron chi connectivity index (χ4n) is 2.86. The van der Waals surface area contributed by atoms with E-state index in [1.807, 2.05) is 0 Å². The van der Waals surface area contributed by atoms with E-state index in [1.165, 1.54) is 0 Å². The summed E-state index contributed by atoms with van der Waals surface area (Å²) in [5.74, 6) is -0.813. The van der Waals surface area contributed by atoms with E-state index >= 15 is 0 Å². The summed E-state index contributed by atoms with van der Waals surface area (Å²) in [7, 11) is 0. The van der Waals surface area contributed by atoms with Crippen LogP contribution in [0.15, 0.2) is 24.3 Å². The highest BCUT2D eigenvalue weighted by Crippen LogP contribution is 2.21. The van der Waals surface area contributed by atoms with E-state index in [-0.39, 0.29) is 30.1 Å². The molecule has 6 heteroatoms. The van der Waals surface area contributed by atoms with Crippen molar-refractivity contribution in [2.24, 2.45) is 5.92 Å². The van der Waals surface area contributed by atoms with Crippen LogP contribution >= 0.6 is 0 Å². The molecular formula is C19H26N2O4. The van der Waals surface area contributed by atoms with Crippen LogP contribution in [0.1, 0.15) is 49.9 Å². The summed E-state index contributed by atoms with van der Waals surface area (Å²) in [5.41, 5.74) is 1.05. The predicted octanol–water partition coefficient (Wildman–Crippen LogP) is 2.84. The number of ether oxygens (including phenoxy) is 1. The average Bonchev–Trinajstić information content (AvgIpc) is 2.97. The van der Waals surface area contributed by atoms with E-state index in [4.69, 9.17) is 4.74 Å². The molecule has 1 heterocycles. The third-order valence-electron chi connectivity index (χ3n) is 4.28. The highest BCUT2D eigenvalue weighted by molar-refractivity contribution is 5.97. The van der Waals surface area contributed by atoms with Gasteiger partial charge in [0, 0.05) is 25.2 Å². The normalized spacial score (nSPS) is 16.8. The van der Waals surface area contributed by atoms with Gasteiger partial charge < -0.3 is 15.0 Å². The van der Waals surface area contributed by atoms with Crippen molar-refractivity contribution in [3.05, 3.63) is 29.8 Å². The van der Waals surface area contributed by atoms with Gasteiger partial charge in [-0.25, -0.2) is 4.79 Å². The third-order valence-corrected chi connectivity index (χ3v) is 4.28. The van der Waals surface area contributed by atoms with E-state index in [0.717, 1.165) is 25.8 Å². The van der Waals surface area contributed by atoms with Crippen LogP contribution in [0.5, 0.6) is 0 Å². The molecule has 2 rings (SSSR count). The molecule has 1 saturated heterocycles. The van der Waals surface area contributed by atoms with Gasteiger partial charge in [-0.05, 0) is 37.6 Å². The molecule has 1 aliphatic heterocycles. The van der Waals surface area contributed by atoms with Crippen LogP contribution in [-0.4, -0.2) is 42.4 Å². The lowest BCUT2D eigenvalue weighted by Gasteiger charge is -2.16. The minimum absolute atomic E-state index is 0.0499. The van der Waals surface area contributed by atoms with Crippen LogP contribution in [0.25, 0.3) is 0 Å². The first-order chi connectivity index (χ1) is 12.0. The van der Waals surface area contributed by atoms with Crippen molar-refractivity contribution < 1.29 is 19.1 Å². The molecule has 25 heavy (non-hydrogen) atoms. The molecule has 0 aromatic heterocycles. The zero-order chi connectivity index (χ0) is 18.2. The average molecular weight is 346 g/mol. The largest absolute Gasteiger partial charge is 0.462 e. The Morgan fingerprint density at radius 2 is 1.92 bits per heavy atom. The van der Waals surface area contributed by atoms with Crippen LogP contribution in [0.4, 0.5) is 5.69 Å². The lowest BCUT2D eigenvalue weighted by atomic mass is 10.1. The standard InChI is InChI=1S/C19H26N2O4/c1-3-5-6-11-21-13-15(12-17(21)22)18(23)20-16-9-7-14(8-10-16)19(24)25-4-2/h7-10,15H,3-6,11-13H2,1-2H3,(H,20,23). The Morgan fingerprint density at radius 3 is 2.56 bits per heavy atom. The monoisotopic (exact) mass is 346 g/mol. The first-order valence-electron chi connectivity index (χ1n) is 8.91. The summed E-state index contributed by atoms with van der Waals surface area (Å²) in [6.45, 7) is 5.40. The van der Waals surface area contributed by atoms with Crippen molar-refractivity contribution in [3.8, 4) is 0 Å². The van der Waals surface area contributed by atoms with Gasteiger partial charge in [0.1, 0.15) is 0 Å². The minimum Gasteiger partial charge on any atom is -0.462 e. The van der Waals surface area contributed by atoms with Crippen LogP contribution in [-0.2, 0) is 14.3 Å². The maximum absolute atomic E-state index is 12.4. The van der Waals surface area contributed by atoms with Gasteiger partial charge in [-0.1, -0.05) is 19.8 Å². The zero-order valence-electron chi connectivity index (χ0n) is 14.9. The maximum atomic E-state index is 12.4. The van der Waals surface area contributed by atoms with Crippen molar-refractivity contribution in [3.63, 3.8) is 0 Å². The molecule has 136 valence electrons. The number of amides is 2. The highest BCUT2D eigenvalue weighted by atomic mass is 16.5. The summed E-state index contributed by atoms with van der Waals surface area (Å²) in [4.78, 5) is 37.8. The Bertz CT molecular complexity index is 612. The van der Waals surface area contributed by atoms with Crippen molar-refractivity contribution in [2.45, 2.75) is 39.5 Å². The number of carbonyl (C=O) groups is 3. The molecule has 1 aromatic rings. The number of benzene rings is 1. The lowest BCUT2D eigenvalue weighted by Crippen LogP contribution is -2.29. The fourth-order valence-corrected chi connectivity index (χ4v) is 2.86. The smallest absolute Gasteiger partial charge is 0.338 e. The van der Waals surface area contributed by atoms with Crippen LogP contribution in [0.3, 0.4) is 0 Å². The molecule has 1 atom stereocenters. The molecule has 0 aliphatic carbocycles. The maximum Gasteiger partial charge on any atom is 0.338 e. The number of nitrogens with one attached hydrogen (secondary N) is 1. The van der Waals surface area contributed by atoms with E-state index in [2.05, 4.69) is 12.2 Å². The molecule has 1 unspecified atom stereocenters. The number of likely N-dealkylation sites (tertiary alicyclic amines) is 1. The van der Waals surface area contributed by atoms with E-state index in [9.17, 15) is 14.4 Å². The van der Waals surface area contributed by atoms with Gasteiger partial charge in [-0.15, -0.1) is 0 Å². The summed E-state index contributed by atoms with van der Waals surface area (Å²) in [5, 5.41) is 2.82. The van der Waals surface area contributed by atoms with Crippen molar-refractivity contribution in [1.29, 1.82) is 0 Å². The summed E-state index contributed by atoms with van der Waals surface area (Å²) < 4.78 is 4.92. The molecular weight excluding hydrogens is 320 g/mol. The summed E-state index contributed by atoms with van der Waals surface area (Å²) >= 11 is 0. The van der Waals surface area contributed by atoms with E-state index in [1.54, 1.807) is 36.1 Å². The Labute approximate surface area is 148 Å². The van der Waals surface area contributed by atoms with E-state index < -0.39 is 0 Å². The second-order valence-corrected chi connectivity index (χ2v) is 6.23. The molecule has 0 saturated carbocycles. The van der Waals surface area contributed by atoms with Gasteiger partial charge in [-0.2, -0.15) is 0 Å². The number of hydrogen-bond acceptors (Lipinski definition) is 4. The Balaban J connectivity index is 1.87.